The number of anilines is 1. The fourth-order valence-corrected chi connectivity index (χ4v) is 1.49. The first kappa shape index (κ1) is 9.49. The quantitative estimate of drug-likeness (QED) is 0.520. The molecule has 0 saturated carbocycles. The van der Waals surface area contributed by atoms with Crippen LogP contribution in [0.25, 0.3) is 0 Å². The van der Waals surface area contributed by atoms with Crippen LogP contribution in [-0.2, 0) is 0 Å². The van der Waals surface area contributed by atoms with Gasteiger partial charge in [-0.3, -0.25) is 0 Å². The minimum Gasteiger partial charge on any atom is -0.373 e. The van der Waals surface area contributed by atoms with Gasteiger partial charge in [0.1, 0.15) is 0 Å². The molecular formula is C6H8ClNO3Si. The van der Waals surface area contributed by atoms with Crippen LogP contribution in [0, 0.1) is 0 Å². The normalized spacial score (nSPS) is 11.3. The van der Waals surface area contributed by atoms with Crippen LogP contribution in [0.4, 0.5) is 5.69 Å². The van der Waals surface area contributed by atoms with E-state index in [2.05, 4.69) is 4.98 Å². The lowest BCUT2D eigenvalue weighted by Crippen LogP contribution is -2.44. The Kier molecular flexibility index (Phi) is 2.71. The summed E-state index contributed by atoms with van der Waals surface area (Å²) in [6.07, 6.45) is 0. The third kappa shape index (κ3) is 3.20. The van der Waals surface area contributed by atoms with Gasteiger partial charge in [-0.15, -0.1) is 0 Å². The standard InChI is InChI=1S/C6H8ClNO3Si/c7-5-2-1-3-6(4-5)8-12(9,10)11/h1-4,8-11H. The SMILES string of the molecule is O[Si](O)(O)Nc1cccc(Cl)c1. The van der Waals surface area contributed by atoms with Crippen molar-refractivity contribution in [2.45, 2.75) is 0 Å². The molecule has 4 N–H and O–H groups in total. The van der Waals surface area contributed by atoms with Gasteiger partial charge in [-0.25, -0.2) is 0 Å². The largest absolute Gasteiger partial charge is 0.622 e. The highest BCUT2D eigenvalue weighted by molar-refractivity contribution is 6.60. The fraction of sp³-hybridized carbons (Fsp3) is 0. The van der Waals surface area contributed by atoms with Crippen molar-refractivity contribution >= 4 is 26.3 Å². The van der Waals surface area contributed by atoms with Gasteiger partial charge in [0.2, 0.25) is 0 Å². The summed E-state index contributed by atoms with van der Waals surface area (Å²) in [6, 6.07) is 6.31. The summed E-state index contributed by atoms with van der Waals surface area (Å²) in [6.45, 7) is 0. The summed E-state index contributed by atoms with van der Waals surface area (Å²) >= 11 is 5.60. The van der Waals surface area contributed by atoms with Gasteiger partial charge < -0.3 is 19.4 Å². The maximum Gasteiger partial charge on any atom is 0.622 e. The zero-order chi connectivity index (χ0) is 9.19. The second-order valence-corrected chi connectivity index (χ2v) is 4.23. The predicted octanol–water partition coefficient (Wildman–Crippen LogP) is 0.164. The van der Waals surface area contributed by atoms with Crippen molar-refractivity contribution in [1.29, 1.82) is 0 Å². The highest BCUT2D eigenvalue weighted by Crippen LogP contribution is 2.15. The first-order valence-corrected chi connectivity index (χ1v) is 5.40. The van der Waals surface area contributed by atoms with Gasteiger partial charge in [0, 0.05) is 10.7 Å². The fourth-order valence-electron chi connectivity index (χ4n) is 0.760. The number of benzene rings is 1. The van der Waals surface area contributed by atoms with Crippen molar-refractivity contribution in [2.24, 2.45) is 0 Å². The molecule has 0 saturated heterocycles. The number of hydrogen-bond donors (Lipinski definition) is 4. The lowest BCUT2D eigenvalue weighted by molar-refractivity contribution is 0.239. The van der Waals surface area contributed by atoms with E-state index >= 15 is 0 Å². The van der Waals surface area contributed by atoms with Crippen LogP contribution in [0.2, 0.25) is 5.02 Å². The Balaban J connectivity index is 2.77. The Bertz CT molecular complexity index is 276. The van der Waals surface area contributed by atoms with Gasteiger partial charge in [-0.1, -0.05) is 17.7 Å². The van der Waals surface area contributed by atoms with Gasteiger partial charge >= 0.3 is 8.97 Å². The maximum absolute atomic E-state index is 8.66. The summed E-state index contributed by atoms with van der Waals surface area (Å²) in [5.41, 5.74) is 0.377. The molecule has 0 aliphatic carbocycles. The van der Waals surface area contributed by atoms with Crippen molar-refractivity contribution in [3.05, 3.63) is 29.3 Å². The van der Waals surface area contributed by atoms with Crippen LogP contribution < -0.4 is 4.98 Å². The maximum atomic E-state index is 8.66. The average molecular weight is 206 g/mol. The lowest BCUT2D eigenvalue weighted by Gasteiger charge is -2.11. The Morgan fingerprint density at radius 3 is 2.42 bits per heavy atom. The number of halogens is 1. The van der Waals surface area contributed by atoms with E-state index in [1.807, 2.05) is 0 Å². The minimum atomic E-state index is -4.23. The number of nitrogens with one attached hydrogen (secondary N) is 1. The van der Waals surface area contributed by atoms with E-state index in [-0.39, 0.29) is 0 Å². The molecule has 1 aromatic rings. The third-order valence-corrected chi connectivity index (χ3v) is 2.00. The molecule has 0 aliphatic rings. The summed E-state index contributed by atoms with van der Waals surface area (Å²) in [5.74, 6) is 0. The first-order valence-electron chi connectivity index (χ1n) is 3.18. The van der Waals surface area contributed by atoms with Gasteiger partial charge in [0.25, 0.3) is 0 Å². The highest BCUT2D eigenvalue weighted by atomic mass is 35.5. The molecule has 66 valence electrons. The smallest absolute Gasteiger partial charge is 0.373 e. The van der Waals surface area contributed by atoms with E-state index in [4.69, 9.17) is 26.0 Å². The van der Waals surface area contributed by atoms with Crippen LogP contribution in [0.5, 0.6) is 0 Å². The Morgan fingerprint density at radius 2 is 1.92 bits per heavy atom. The van der Waals surface area contributed by atoms with Crippen LogP contribution >= 0.6 is 11.6 Å². The molecule has 0 spiro atoms. The molecule has 0 atom stereocenters. The van der Waals surface area contributed by atoms with Gasteiger partial charge in [0.15, 0.2) is 0 Å². The summed E-state index contributed by atoms with van der Waals surface area (Å²) in [5, 5.41) is 0.457. The van der Waals surface area contributed by atoms with Gasteiger partial charge in [-0.2, -0.15) is 0 Å². The second kappa shape index (κ2) is 3.42. The molecule has 0 fully saturated rings. The molecule has 0 aromatic heterocycles. The van der Waals surface area contributed by atoms with Crippen LogP contribution in [0.3, 0.4) is 0 Å². The topological polar surface area (TPSA) is 72.7 Å². The van der Waals surface area contributed by atoms with E-state index < -0.39 is 8.97 Å². The molecule has 0 bridgehead atoms. The summed E-state index contributed by atoms with van der Waals surface area (Å²) in [7, 11) is -4.23. The highest BCUT2D eigenvalue weighted by Gasteiger charge is 2.27. The third-order valence-electron chi connectivity index (χ3n) is 1.14. The predicted molar refractivity (Wildman–Crippen MR) is 47.5 cm³/mol. The van der Waals surface area contributed by atoms with E-state index in [0.717, 1.165) is 0 Å². The second-order valence-electron chi connectivity index (χ2n) is 2.27. The van der Waals surface area contributed by atoms with Crippen molar-refractivity contribution in [2.75, 3.05) is 4.98 Å². The monoisotopic (exact) mass is 205 g/mol. The average Bonchev–Trinajstić information content (AvgIpc) is 1.82. The summed E-state index contributed by atoms with van der Waals surface area (Å²) in [4.78, 5) is 28.1. The zero-order valence-electron chi connectivity index (χ0n) is 6.03. The molecule has 4 nitrogen and oxygen atoms in total. The number of hydrogen-bond acceptors (Lipinski definition) is 4. The Labute approximate surface area is 75.5 Å². The van der Waals surface area contributed by atoms with E-state index in [0.29, 0.717) is 10.7 Å². The molecule has 0 unspecified atom stereocenters. The van der Waals surface area contributed by atoms with Crippen molar-refractivity contribution in [3.63, 3.8) is 0 Å². The molecule has 0 amide bonds. The van der Waals surface area contributed by atoms with Crippen molar-refractivity contribution in [3.8, 4) is 0 Å². The molecule has 1 aromatic carbocycles. The van der Waals surface area contributed by atoms with Gasteiger partial charge in [0.05, 0.1) is 0 Å². The molecule has 12 heavy (non-hydrogen) atoms. The molecule has 0 heterocycles. The van der Waals surface area contributed by atoms with E-state index in [1.54, 1.807) is 18.2 Å². The Morgan fingerprint density at radius 1 is 1.25 bits per heavy atom. The van der Waals surface area contributed by atoms with Crippen LogP contribution in [0.15, 0.2) is 24.3 Å². The first-order chi connectivity index (χ1) is 5.47. The van der Waals surface area contributed by atoms with E-state index in [9.17, 15) is 0 Å². The molecule has 0 radical (unpaired) electrons. The van der Waals surface area contributed by atoms with E-state index in [1.165, 1.54) is 6.07 Å². The lowest BCUT2D eigenvalue weighted by atomic mass is 10.3. The van der Waals surface area contributed by atoms with Gasteiger partial charge in [-0.05, 0) is 18.2 Å². The van der Waals surface area contributed by atoms with Crippen molar-refractivity contribution < 1.29 is 14.4 Å². The van der Waals surface area contributed by atoms with Crippen LogP contribution in [-0.4, -0.2) is 23.4 Å². The van der Waals surface area contributed by atoms with Crippen LogP contribution in [0.1, 0.15) is 0 Å². The molecular weight excluding hydrogens is 198 g/mol. The minimum absolute atomic E-state index is 0.377. The molecule has 0 aliphatic heterocycles. The summed E-state index contributed by atoms with van der Waals surface area (Å²) < 4.78 is 0. The van der Waals surface area contributed by atoms with Crippen molar-refractivity contribution in [1.82, 2.24) is 0 Å². The number of rotatable bonds is 2. The zero-order valence-corrected chi connectivity index (χ0v) is 7.78. The Hall–Kier alpha value is -0.593. The molecule has 1 rings (SSSR count). The molecule has 6 heteroatoms.